The zero-order valence-electron chi connectivity index (χ0n) is 15.6. The van der Waals surface area contributed by atoms with Crippen molar-refractivity contribution in [2.75, 3.05) is 0 Å². The van der Waals surface area contributed by atoms with E-state index in [9.17, 15) is 19.4 Å². The van der Waals surface area contributed by atoms with Crippen LogP contribution in [0, 0.1) is 5.82 Å². The van der Waals surface area contributed by atoms with E-state index in [4.69, 9.17) is 4.74 Å². The first-order valence-corrected chi connectivity index (χ1v) is 8.76. The Kier molecular flexibility index (Phi) is 6.09. The number of carbonyl (C=O) groups is 1. The molecule has 3 rings (SSSR count). The molecule has 148 valence electrons. The Morgan fingerprint density at radius 2 is 1.72 bits per heavy atom. The molecule has 0 aromatic heterocycles. The lowest BCUT2D eigenvalue weighted by molar-refractivity contribution is 0.0954. The quantitative estimate of drug-likeness (QED) is 0.436. The topological polar surface area (TPSA) is 91.2 Å². The number of phenols is 2. The Balaban J connectivity index is 1.59. The number of nitrogens with zero attached hydrogens (tertiary/aromatic N) is 1. The molecule has 0 bridgehead atoms. The van der Waals surface area contributed by atoms with Gasteiger partial charge in [-0.05, 0) is 61.0 Å². The van der Waals surface area contributed by atoms with Gasteiger partial charge < -0.3 is 14.9 Å². The fourth-order valence-corrected chi connectivity index (χ4v) is 2.54. The van der Waals surface area contributed by atoms with Crippen LogP contribution in [0.3, 0.4) is 0 Å². The van der Waals surface area contributed by atoms with Crippen LogP contribution in [0.15, 0.2) is 71.8 Å². The van der Waals surface area contributed by atoms with Gasteiger partial charge in [-0.15, -0.1) is 0 Å². The smallest absolute Gasteiger partial charge is 0.271 e. The molecule has 0 spiro atoms. The van der Waals surface area contributed by atoms with Gasteiger partial charge in [-0.3, -0.25) is 4.79 Å². The highest BCUT2D eigenvalue weighted by molar-refractivity contribution is 6.02. The van der Waals surface area contributed by atoms with Gasteiger partial charge in [0.1, 0.15) is 29.7 Å². The summed E-state index contributed by atoms with van der Waals surface area (Å²) >= 11 is 0. The lowest BCUT2D eigenvalue weighted by Gasteiger charge is -2.08. The number of aromatic hydroxyl groups is 2. The Morgan fingerprint density at radius 3 is 2.38 bits per heavy atom. The molecule has 0 saturated carbocycles. The monoisotopic (exact) mass is 394 g/mol. The Morgan fingerprint density at radius 1 is 1.03 bits per heavy atom. The molecule has 0 aliphatic carbocycles. The van der Waals surface area contributed by atoms with Crippen LogP contribution in [0.25, 0.3) is 0 Å². The molecule has 0 radical (unpaired) electrons. The number of hydrazone groups is 1. The van der Waals surface area contributed by atoms with Crippen LogP contribution in [0.1, 0.15) is 28.4 Å². The van der Waals surface area contributed by atoms with Gasteiger partial charge in [0.15, 0.2) is 0 Å². The minimum atomic E-state index is -0.423. The molecule has 0 fully saturated rings. The summed E-state index contributed by atoms with van der Waals surface area (Å²) in [6.07, 6.45) is 0. The minimum Gasteiger partial charge on any atom is -0.508 e. The third-order valence-corrected chi connectivity index (χ3v) is 4.13. The van der Waals surface area contributed by atoms with E-state index in [1.54, 1.807) is 43.3 Å². The fraction of sp³-hybridized carbons (Fsp3) is 0.0909. The number of nitrogens with one attached hydrogen (secondary N) is 1. The van der Waals surface area contributed by atoms with Crippen molar-refractivity contribution in [3.63, 3.8) is 0 Å². The zero-order chi connectivity index (χ0) is 20.8. The summed E-state index contributed by atoms with van der Waals surface area (Å²) < 4.78 is 18.5. The van der Waals surface area contributed by atoms with Crippen LogP contribution < -0.4 is 10.2 Å². The summed E-state index contributed by atoms with van der Waals surface area (Å²) in [5.41, 5.74) is 4.41. The third-order valence-electron chi connectivity index (χ3n) is 4.13. The van der Waals surface area contributed by atoms with Crippen molar-refractivity contribution in [3.8, 4) is 17.2 Å². The van der Waals surface area contributed by atoms with Crippen LogP contribution in [-0.4, -0.2) is 21.8 Å². The summed E-state index contributed by atoms with van der Waals surface area (Å²) in [5.74, 6) is -0.358. The lowest BCUT2D eigenvalue weighted by Crippen LogP contribution is -2.19. The van der Waals surface area contributed by atoms with Crippen LogP contribution >= 0.6 is 0 Å². The van der Waals surface area contributed by atoms with Gasteiger partial charge in [0.25, 0.3) is 5.91 Å². The highest BCUT2D eigenvalue weighted by atomic mass is 19.1. The molecule has 0 heterocycles. The number of ether oxygens (including phenoxy) is 1. The fourth-order valence-electron chi connectivity index (χ4n) is 2.54. The van der Waals surface area contributed by atoms with Crippen molar-refractivity contribution in [2.24, 2.45) is 5.10 Å². The predicted octanol–water partition coefficient (Wildman–Crippen LogP) is 3.97. The van der Waals surface area contributed by atoms with Crippen molar-refractivity contribution in [2.45, 2.75) is 13.5 Å². The Bertz CT molecular complexity index is 1030. The lowest BCUT2D eigenvalue weighted by atomic mass is 10.1. The first-order valence-electron chi connectivity index (χ1n) is 8.76. The maximum Gasteiger partial charge on any atom is 0.271 e. The SMILES string of the molecule is C/C(=N\NC(=O)c1ccc(OCc2ccc(F)cc2)cc1)c1ccc(O)cc1O. The van der Waals surface area contributed by atoms with Crippen molar-refractivity contribution >= 4 is 11.6 Å². The molecule has 0 unspecified atom stereocenters. The van der Waals surface area contributed by atoms with Gasteiger partial charge in [0, 0.05) is 17.2 Å². The average Bonchev–Trinajstić information content (AvgIpc) is 2.72. The largest absolute Gasteiger partial charge is 0.508 e. The molecule has 0 aliphatic rings. The van der Waals surface area contributed by atoms with Gasteiger partial charge in [-0.2, -0.15) is 5.10 Å². The maximum atomic E-state index is 12.9. The first kappa shape index (κ1) is 19.9. The van der Waals surface area contributed by atoms with Crippen LogP contribution in [0.2, 0.25) is 0 Å². The number of phenolic OH excluding ortho intramolecular Hbond substituents is 2. The van der Waals surface area contributed by atoms with Crippen molar-refractivity contribution < 1.29 is 24.1 Å². The van der Waals surface area contributed by atoms with Gasteiger partial charge in [-0.1, -0.05) is 12.1 Å². The van der Waals surface area contributed by atoms with Crippen molar-refractivity contribution in [1.82, 2.24) is 5.43 Å². The van der Waals surface area contributed by atoms with Crippen molar-refractivity contribution in [1.29, 1.82) is 0 Å². The summed E-state index contributed by atoms with van der Waals surface area (Å²) in [5, 5.41) is 23.1. The average molecular weight is 394 g/mol. The molecule has 0 atom stereocenters. The van der Waals surface area contributed by atoms with E-state index in [0.717, 1.165) is 5.56 Å². The van der Waals surface area contributed by atoms with Crippen LogP contribution in [0.4, 0.5) is 4.39 Å². The van der Waals surface area contributed by atoms with E-state index < -0.39 is 5.91 Å². The number of benzene rings is 3. The predicted molar refractivity (Wildman–Crippen MR) is 107 cm³/mol. The second kappa shape index (κ2) is 8.88. The van der Waals surface area contributed by atoms with Crippen LogP contribution in [-0.2, 0) is 6.61 Å². The molecular formula is C22H19FN2O4. The van der Waals surface area contributed by atoms with E-state index >= 15 is 0 Å². The number of halogens is 1. The molecule has 3 aromatic rings. The molecule has 7 heteroatoms. The molecule has 0 aliphatic heterocycles. The van der Waals surface area contributed by atoms with E-state index in [2.05, 4.69) is 10.5 Å². The summed E-state index contributed by atoms with van der Waals surface area (Å²) in [6, 6.07) is 16.6. The Labute approximate surface area is 166 Å². The molecule has 0 saturated heterocycles. The standard InChI is InChI=1S/C22H19FN2O4/c1-14(20-11-8-18(26)12-21(20)27)24-25-22(28)16-4-9-19(10-5-16)29-13-15-2-6-17(23)7-3-15/h2-12,26-27H,13H2,1H3,(H,25,28)/b24-14+. The van der Waals surface area contributed by atoms with Gasteiger partial charge in [0.2, 0.25) is 0 Å². The van der Waals surface area contributed by atoms with E-state index in [0.29, 0.717) is 22.6 Å². The number of rotatable bonds is 6. The normalized spacial score (nSPS) is 11.2. The van der Waals surface area contributed by atoms with Crippen molar-refractivity contribution in [3.05, 3.63) is 89.2 Å². The molecule has 1 amide bonds. The van der Waals surface area contributed by atoms with E-state index in [-0.39, 0.29) is 23.9 Å². The first-order chi connectivity index (χ1) is 13.9. The number of hydrogen-bond donors (Lipinski definition) is 3. The van der Waals surface area contributed by atoms with E-state index in [1.807, 2.05) is 0 Å². The minimum absolute atomic E-state index is 0.0650. The van der Waals surface area contributed by atoms with Crippen LogP contribution in [0.5, 0.6) is 17.2 Å². The second-order valence-corrected chi connectivity index (χ2v) is 6.28. The zero-order valence-corrected chi connectivity index (χ0v) is 15.6. The number of amides is 1. The molecule has 29 heavy (non-hydrogen) atoms. The molecule has 3 aromatic carbocycles. The highest BCUT2D eigenvalue weighted by Gasteiger charge is 2.08. The molecular weight excluding hydrogens is 375 g/mol. The Hall–Kier alpha value is -3.87. The second-order valence-electron chi connectivity index (χ2n) is 6.28. The highest BCUT2D eigenvalue weighted by Crippen LogP contribution is 2.23. The summed E-state index contributed by atoms with van der Waals surface area (Å²) in [4.78, 5) is 12.2. The van der Waals surface area contributed by atoms with E-state index in [1.165, 1.54) is 30.3 Å². The molecule has 6 nitrogen and oxygen atoms in total. The van der Waals surface area contributed by atoms with Gasteiger partial charge in [-0.25, -0.2) is 9.82 Å². The van der Waals surface area contributed by atoms with Gasteiger partial charge in [0.05, 0.1) is 5.71 Å². The summed E-state index contributed by atoms with van der Waals surface area (Å²) in [6.45, 7) is 1.91. The maximum absolute atomic E-state index is 12.9. The molecule has 3 N–H and O–H groups in total. The summed E-state index contributed by atoms with van der Waals surface area (Å²) in [7, 11) is 0. The third kappa shape index (κ3) is 5.32. The van der Waals surface area contributed by atoms with Gasteiger partial charge >= 0.3 is 0 Å². The number of carbonyl (C=O) groups excluding carboxylic acids is 1. The number of hydrogen-bond acceptors (Lipinski definition) is 5.